The topological polar surface area (TPSA) is 81.7 Å². The van der Waals surface area contributed by atoms with Gasteiger partial charge in [0, 0.05) is 0 Å². The van der Waals surface area contributed by atoms with Crippen LogP contribution in [0.25, 0.3) is 0 Å². The van der Waals surface area contributed by atoms with Gasteiger partial charge >= 0.3 is 12.1 Å². The van der Waals surface area contributed by atoms with Crippen LogP contribution in [0.4, 0.5) is 4.79 Å². The predicted molar refractivity (Wildman–Crippen MR) is 76.3 cm³/mol. The summed E-state index contributed by atoms with van der Waals surface area (Å²) in [7, 11) is 0. The Morgan fingerprint density at radius 1 is 1.14 bits per heavy atom. The van der Waals surface area contributed by atoms with Crippen molar-refractivity contribution in [2.75, 3.05) is 13.2 Å². The van der Waals surface area contributed by atoms with E-state index in [9.17, 15) is 14.4 Å². The lowest BCUT2D eigenvalue weighted by atomic mass is 10.1. The van der Waals surface area contributed by atoms with Crippen molar-refractivity contribution in [2.45, 2.75) is 13.3 Å². The number of carbonyl (C=O) groups excluding carboxylic acids is 3. The number of esters is 1. The van der Waals surface area contributed by atoms with Crippen molar-refractivity contribution in [3.8, 4) is 0 Å². The van der Waals surface area contributed by atoms with Crippen LogP contribution in [0.2, 0.25) is 10.0 Å². The lowest BCUT2D eigenvalue weighted by Crippen LogP contribution is -2.34. The number of imide groups is 1. The van der Waals surface area contributed by atoms with E-state index in [1.54, 1.807) is 19.1 Å². The van der Waals surface area contributed by atoms with Crippen LogP contribution in [0, 0.1) is 0 Å². The molecule has 0 spiro atoms. The zero-order chi connectivity index (χ0) is 15.8. The van der Waals surface area contributed by atoms with E-state index in [1.165, 1.54) is 6.07 Å². The predicted octanol–water partition coefficient (Wildman–Crippen LogP) is 2.35. The van der Waals surface area contributed by atoms with E-state index in [4.69, 9.17) is 27.9 Å². The molecule has 0 aliphatic rings. The van der Waals surface area contributed by atoms with Crippen LogP contribution >= 0.6 is 23.2 Å². The molecular weight excluding hydrogens is 321 g/mol. The van der Waals surface area contributed by atoms with Gasteiger partial charge in [-0.1, -0.05) is 29.3 Å². The van der Waals surface area contributed by atoms with Crippen molar-refractivity contribution in [1.82, 2.24) is 5.32 Å². The maximum absolute atomic E-state index is 11.5. The molecule has 0 aromatic heterocycles. The van der Waals surface area contributed by atoms with Gasteiger partial charge in [0.1, 0.15) is 0 Å². The molecule has 0 bridgehead atoms. The highest BCUT2D eigenvalue weighted by Crippen LogP contribution is 2.22. The molecule has 2 amide bonds. The summed E-state index contributed by atoms with van der Waals surface area (Å²) in [4.78, 5) is 33.7. The van der Waals surface area contributed by atoms with E-state index in [2.05, 4.69) is 4.74 Å². The van der Waals surface area contributed by atoms with E-state index >= 15 is 0 Å². The molecule has 0 saturated carbocycles. The zero-order valence-electron chi connectivity index (χ0n) is 11.2. The summed E-state index contributed by atoms with van der Waals surface area (Å²) in [6, 6.07) is 4.71. The lowest BCUT2D eigenvalue weighted by molar-refractivity contribution is -0.147. The van der Waals surface area contributed by atoms with Crippen LogP contribution in [0.1, 0.15) is 12.5 Å². The maximum atomic E-state index is 11.5. The molecule has 1 rings (SSSR count). The molecule has 0 unspecified atom stereocenters. The van der Waals surface area contributed by atoms with Gasteiger partial charge in [0.25, 0.3) is 5.91 Å². The van der Waals surface area contributed by atoms with Crippen LogP contribution in [-0.2, 0) is 25.5 Å². The molecule has 6 nitrogen and oxygen atoms in total. The number of ether oxygens (including phenoxy) is 2. The van der Waals surface area contributed by atoms with Crippen molar-refractivity contribution in [3.63, 3.8) is 0 Å². The summed E-state index contributed by atoms with van der Waals surface area (Å²) in [6.45, 7) is 1.16. The first-order valence-electron chi connectivity index (χ1n) is 5.98. The second kappa shape index (κ2) is 8.49. The molecule has 114 valence electrons. The number of alkyl carbamates (subject to hydrolysis) is 1. The molecule has 0 heterocycles. The summed E-state index contributed by atoms with van der Waals surface area (Å²) in [5.41, 5.74) is 0.597. The van der Waals surface area contributed by atoms with E-state index in [0.717, 1.165) is 0 Å². The molecule has 8 heteroatoms. The minimum Gasteiger partial charge on any atom is -0.455 e. The Morgan fingerprint density at radius 2 is 1.86 bits per heavy atom. The van der Waals surface area contributed by atoms with E-state index < -0.39 is 24.6 Å². The highest BCUT2D eigenvalue weighted by Gasteiger charge is 2.12. The summed E-state index contributed by atoms with van der Waals surface area (Å²) in [5, 5.41) is 2.60. The SMILES string of the molecule is CCOC(=O)NC(=O)COC(=O)Cc1ccc(Cl)c(Cl)c1. The fraction of sp³-hybridized carbons (Fsp3) is 0.308. The molecular formula is C13H13Cl2NO5. The highest BCUT2D eigenvalue weighted by atomic mass is 35.5. The van der Waals surface area contributed by atoms with Gasteiger partial charge in [0.05, 0.1) is 23.1 Å². The summed E-state index contributed by atoms with van der Waals surface area (Å²) in [6.07, 6.45) is -0.952. The van der Waals surface area contributed by atoms with Crippen molar-refractivity contribution < 1.29 is 23.9 Å². The van der Waals surface area contributed by atoms with Crippen molar-refractivity contribution in [2.24, 2.45) is 0 Å². The van der Waals surface area contributed by atoms with Gasteiger partial charge in [-0.15, -0.1) is 0 Å². The highest BCUT2D eigenvalue weighted by molar-refractivity contribution is 6.42. The molecule has 0 radical (unpaired) electrons. The molecule has 0 saturated heterocycles. The van der Waals surface area contributed by atoms with Crippen LogP contribution < -0.4 is 5.32 Å². The van der Waals surface area contributed by atoms with Gasteiger partial charge in [-0.3, -0.25) is 14.9 Å². The third-order valence-corrected chi connectivity index (χ3v) is 2.95. The lowest BCUT2D eigenvalue weighted by Gasteiger charge is -2.06. The summed E-state index contributed by atoms with van der Waals surface area (Å²) in [5.74, 6) is -1.40. The second-order valence-corrected chi connectivity index (χ2v) is 4.67. The van der Waals surface area contributed by atoms with E-state index in [0.29, 0.717) is 15.6 Å². The van der Waals surface area contributed by atoms with Crippen LogP contribution in [0.3, 0.4) is 0 Å². The van der Waals surface area contributed by atoms with Crippen molar-refractivity contribution >= 4 is 41.2 Å². The normalized spacial score (nSPS) is 9.86. The number of halogens is 2. The number of amides is 2. The first kappa shape index (κ1) is 17.3. The average Bonchev–Trinajstić information content (AvgIpc) is 2.41. The Kier molecular flexibility index (Phi) is 6.98. The molecule has 1 aromatic rings. The maximum Gasteiger partial charge on any atom is 0.413 e. The summed E-state index contributed by atoms with van der Waals surface area (Å²) >= 11 is 11.6. The molecule has 1 N–H and O–H groups in total. The number of nitrogens with one attached hydrogen (secondary N) is 1. The molecule has 21 heavy (non-hydrogen) atoms. The van der Waals surface area contributed by atoms with Crippen molar-refractivity contribution in [1.29, 1.82) is 0 Å². The average molecular weight is 334 g/mol. The van der Waals surface area contributed by atoms with Crippen LogP contribution in [0.15, 0.2) is 18.2 Å². The Balaban J connectivity index is 2.38. The number of hydrogen-bond donors (Lipinski definition) is 1. The molecule has 0 fully saturated rings. The minimum atomic E-state index is -0.886. The monoisotopic (exact) mass is 333 g/mol. The first-order valence-corrected chi connectivity index (χ1v) is 6.74. The number of rotatable bonds is 5. The Labute approximate surface area is 131 Å². The fourth-order valence-electron chi connectivity index (χ4n) is 1.33. The third-order valence-electron chi connectivity index (χ3n) is 2.21. The van der Waals surface area contributed by atoms with E-state index in [-0.39, 0.29) is 13.0 Å². The Bertz CT molecular complexity index is 547. The van der Waals surface area contributed by atoms with Gasteiger partial charge in [-0.25, -0.2) is 4.79 Å². The standard InChI is InChI=1S/C13H13Cl2NO5/c1-2-20-13(19)16-11(17)7-21-12(18)6-8-3-4-9(14)10(15)5-8/h3-5H,2,6-7H2,1H3,(H,16,17,19). The molecule has 0 aliphatic carbocycles. The number of hydrogen-bond acceptors (Lipinski definition) is 5. The van der Waals surface area contributed by atoms with Gasteiger partial charge in [-0.05, 0) is 24.6 Å². The molecule has 0 aliphatic heterocycles. The Hall–Kier alpha value is -1.79. The van der Waals surface area contributed by atoms with E-state index in [1.807, 2.05) is 5.32 Å². The second-order valence-electron chi connectivity index (χ2n) is 3.85. The van der Waals surface area contributed by atoms with Gasteiger partial charge < -0.3 is 9.47 Å². The Morgan fingerprint density at radius 3 is 2.48 bits per heavy atom. The first-order chi connectivity index (χ1) is 9.92. The largest absolute Gasteiger partial charge is 0.455 e. The van der Waals surface area contributed by atoms with Crippen molar-refractivity contribution in [3.05, 3.63) is 33.8 Å². The number of benzene rings is 1. The van der Waals surface area contributed by atoms with Crippen LogP contribution in [0.5, 0.6) is 0 Å². The van der Waals surface area contributed by atoms with Gasteiger partial charge in [-0.2, -0.15) is 0 Å². The van der Waals surface area contributed by atoms with Gasteiger partial charge in [0.2, 0.25) is 0 Å². The molecule has 1 aromatic carbocycles. The minimum absolute atomic E-state index is 0.0659. The fourth-order valence-corrected chi connectivity index (χ4v) is 1.65. The summed E-state index contributed by atoms with van der Waals surface area (Å²) < 4.78 is 9.22. The van der Waals surface area contributed by atoms with Gasteiger partial charge in [0.15, 0.2) is 6.61 Å². The quantitative estimate of drug-likeness (QED) is 0.836. The third kappa shape index (κ3) is 6.46. The zero-order valence-corrected chi connectivity index (χ0v) is 12.7. The number of carbonyl (C=O) groups is 3. The molecule has 0 atom stereocenters. The van der Waals surface area contributed by atoms with Crippen LogP contribution in [-0.4, -0.2) is 31.2 Å². The smallest absolute Gasteiger partial charge is 0.413 e.